The molecule has 0 unspecified atom stereocenters. The molecule has 0 aliphatic rings. The van der Waals surface area contributed by atoms with E-state index in [9.17, 15) is 18.0 Å². The Morgan fingerprint density at radius 2 is 1.83 bits per heavy atom. The predicted octanol–water partition coefficient (Wildman–Crippen LogP) is 5.64. The van der Waals surface area contributed by atoms with Crippen LogP contribution in [0, 0.1) is 6.92 Å². The number of benzene rings is 2. The highest BCUT2D eigenvalue weighted by atomic mass is 35.5. The summed E-state index contributed by atoms with van der Waals surface area (Å²) in [6, 6.07) is 7.81. The Hall–Kier alpha value is -2.25. The molecular weight excluding hydrogens is 405 g/mol. The van der Waals surface area contributed by atoms with Crippen molar-refractivity contribution >= 4 is 23.2 Å². The third-order valence-corrected chi connectivity index (χ3v) is 4.85. The Kier molecular flexibility index (Phi) is 7.93. The maximum atomic E-state index is 12.7. The molecule has 2 aromatic carbocycles. The summed E-state index contributed by atoms with van der Waals surface area (Å²) in [5.74, 6) is 0.126. The van der Waals surface area contributed by atoms with Crippen molar-refractivity contribution in [3.05, 3.63) is 58.1 Å². The third-order valence-electron chi connectivity index (χ3n) is 4.53. The fourth-order valence-electron chi connectivity index (χ4n) is 2.79. The summed E-state index contributed by atoms with van der Waals surface area (Å²) in [5.41, 5.74) is 0.401. The average molecular weight is 429 g/mol. The molecule has 0 aliphatic carbocycles. The number of aryl methyl sites for hydroxylation is 1. The number of rotatable bonds is 8. The maximum Gasteiger partial charge on any atom is 0.416 e. The molecule has 0 saturated carbocycles. The monoisotopic (exact) mass is 428 g/mol. The molecule has 0 spiro atoms. The highest BCUT2D eigenvalue weighted by Crippen LogP contribution is 2.32. The molecule has 4 nitrogen and oxygen atoms in total. The molecule has 1 amide bonds. The number of likely N-dealkylation sites (N-methyl/N-ethyl adjacent to an activating group) is 1. The minimum atomic E-state index is -4.52. The summed E-state index contributed by atoms with van der Waals surface area (Å²) in [6.45, 7) is 9.32. The number of halogens is 4. The first-order chi connectivity index (χ1) is 13.7. The third kappa shape index (κ3) is 6.37. The summed E-state index contributed by atoms with van der Waals surface area (Å²) < 4.78 is 44.0. The van der Waals surface area contributed by atoms with Gasteiger partial charge >= 0.3 is 6.18 Å². The molecule has 0 heterocycles. The van der Waals surface area contributed by atoms with Crippen molar-refractivity contribution in [2.45, 2.75) is 26.9 Å². The van der Waals surface area contributed by atoms with Crippen molar-refractivity contribution in [3.63, 3.8) is 0 Å². The van der Waals surface area contributed by atoms with Gasteiger partial charge < -0.3 is 15.0 Å². The van der Waals surface area contributed by atoms with Gasteiger partial charge in [-0.1, -0.05) is 25.4 Å². The highest BCUT2D eigenvalue weighted by Gasteiger charge is 2.31. The Morgan fingerprint density at radius 3 is 2.38 bits per heavy atom. The molecular formula is C21H24ClF3N2O2. The molecule has 0 fully saturated rings. The Bertz CT molecular complexity index is 852. The summed E-state index contributed by atoms with van der Waals surface area (Å²) in [7, 11) is 0. The molecule has 158 valence electrons. The van der Waals surface area contributed by atoms with Crippen LogP contribution in [0.4, 0.5) is 18.9 Å². The fraction of sp³-hybridized carbons (Fsp3) is 0.381. The molecule has 1 N–H and O–H groups in total. The van der Waals surface area contributed by atoms with Crippen molar-refractivity contribution in [1.82, 2.24) is 4.90 Å². The largest absolute Gasteiger partial charge is 0.492 e. The number of nitrogens with one attached hydrogen (secondary N) is 1. The first-order valence-electron chi connectivity index (χ1n) is 9.29. The van der Waals surface area contributed by atoms with Gasteiger partial charge in [0, 0.05) is 12.2 Å². The second kappa shape index (κ2) is 9.98. The van der Waals surface area contributed by atoms with Gasteiger partial charge in [-0.25, -0.2) is 0 Å². The van der Waals surface area contributed by atoms with Crippen LogP contribution in [0.15, 0.2) is 36.4 Å². The summed E-state index contributed by atoms with van der Waals surface area (Å²) >= 11 is 5.87. The van der Waals surface area contributed by atoms with E-state index in [1.54, 1.807) is 18.2 Å². The van der Waals surface area contributed by atoms with E-state index in [2.05, 4.69) is 24.1 Å². The molecule has 0 aliphatic heterocycles. The molecule has 0 aromatic heterocycles. The number of anilines is 1. The van der Waals surface area contributed by atoms with Crippen molar-refractivity contribution in [3.8, 4) is 5.75 Å². The van der Waals surface area contributed by atoms with Crippen LogP contribution in [0.5, 0.6) is 5.75 Å². The Balaban J connectivity index is 2.03. The number of ether oxygens (including phenoxy) is 1. The van der Waals surface area contributed by atoms with E-state index in [0.717, 1.165) is 43.4 Å². The van der Waals surface area contributed by atoms with Crippen molar-refractivity contribution in [1.29, 1.82) is 0 Å². The van der Waals surface area contributed by atoms with Gasteiger partial charge in [-0.2, -0.15) is 13.2 Å². The van der Waals surface area contributed by atoms with Crippen LogP contribution in [0.25, 0.3) is 0 Å². The van der Waals surface area contributed by atoms with Gasteiger partial charge in [-0.15, -0.1) is 0 Å². The Labute approximate surface area is 173 Å². The summed E-state index contributed by atoms with van der Waals surface area (Å²) in [4.78, 5) is 14.6. The van der Waals surface area contributed by atoms with Crippen LogP contribution >= 0.6 is 11.6 Å². The van der Waals surface area contributed by atoms with Crippen molar-refractivity contribution < 1.29 is 22.7 Å². The van der Waals surface area contributed by atoms with Crippen LogP contribution < -0.4 is 10.1 Å². The lowest BCUT2D eigenvalue weighted by atomic mass is 10.1. The SMILES string of the molecule is CCN(CC)CCOc1ccc(NC(=O)c2ccc(C(F)(F)F)cc2Cl)cc1C. The molecule has 8 heteroatoms. The van der Waals surface area contributed by atoms with Gasteiger partial charge in [-0.3, -0.25) is 4.79 Å². The van der Waals surface area contributed by atoms with Crippen molar-refractivity contribution in [2.75, 3.05) is 31.6 Å². The standard InChI is InChI=1S/C21H24ClF3N2O2/c1-4-27(5-2)10-11-29-19-9-7-16(12-14(19)3)26-20(28)17-8-6-15(13-18(17)22)21(23,24)25/h6-9,12-13H,4-5,10-11H2,1-3H3,(H,26,28). The molecule has 0 bridgehead atoms. The normalized spacial score (nSPS) is 11.6. The molecule has 2 aromatic rings. The number of alkyl halides is 3. The van der Waals surface area contributed by atoms with E-state index < -0.39 is 17.6 Å². The number of carbonyl (C=O) groups is 1. The van der Waals surface area contributed by atoms with E-state index in [-0.39, 0.29) is 10.6 Å². The zero-order valence-electron chi connectivity index (χ0n) is 16.6. The van der Waals surface area contributed by atoms with Crippen LogP contribution in [0.1, 0.15) is 35.3 Å². The first-order valence-corrected chi connectivity index (χ1v) is 9.67. The topological polar surface area (TPSA) is 41.6 Å². The van der Waals surface area contributed by atoms with Gasteiger partial charge in [0.1, 0.15) is 12.4 Å². The minimum absolute atomic E-state index is 0.0307. The van der Waals surface area contributed by atoms with Gasteiger partial charge in [0.25, 0.3) is 5.91 Å². The van der Waals surface area contributed by atoms with Gasteiger partial charge in [0.15, 0.2) is 0 Å². The van der Waals surface area contributed by atoms with Crippen LogP contribution in [-0.4, -0.2) is 37.0 Å². The smallest absolute Gasteiger partial charge is 0.416 e. The molecule has 0 saturated heterocycles. The lowest BCUT2D eigenvalue weighted by molar-refractivity contribution is -0.137. The molecule has 0 radical (unpaired) electrons. The number of hydrogen-bond donors (Lipinski definition) is 1. The minimum Gasteiger partial charge on any atom is -0.492 e. The second-order valence-corrected chi connectivity index (χ2v) is 6.91. The van der Waals surface area contributed by atoms with Gasteiger partial charge in [0.2, 0.25) is 0 Å². The fourth-order valence-corrected chi connectivity index (χ4v) is 3.05. The Morgan fingerprint density at radius 1 is 1.14 bits per heavy atom. The zero-order valence-corrected chi connectivity index (χ0v) is 17.3. The van der Waals surface area contributed by atoms with Crippen LogP contribution in [-0.2, 0) is 6.18 Å². The van der Waals surface area contributed by atoms with E-state index in [1.807, 2.05) is 6.92 Å². The maximum absolute atomic E-state index is 12.7. The van der Waals surface area contributed by atoms with Crippen molar-refractivity contribution in [2.24, 2.45) is 0 Å². The van der Waals surface area contributed by atoms with Gasteiger partial charge in [-0.05, 0) is 62.0 Å². The quantitative estimate of drug-likeness (QED) is 0.591. The number of nitrogens with zero attached hydrogens (tertiary/aromatic N) is 1. The zero-order chi connectivity index (χ0) is 21.6. The molecule has 29 heavy (non-hydrogen) atoms. The lowest BCUT2D eigenvalue weighted by Crippen LogP contribution is -2.28. The van der Waals surface area contributed by atoms with E-state index in [1.165, 1.54) is 0 Å². The first kappa shape index (κ1) is 23.0. The van der Waals surface area contributed by atoms with E-state index in [4.69, 9.17) is 16.3 Å². The molecule has 0 atom stereocenters. The highest BCUT2D eigenvalue weighted by molar-refractivity contribution is 6.34. The van der Waals surface area contributed by atoms with E-state index in [0.29, 0.717) is 18.0 Å². The number of amides is 1. The second-order valence-electron chi connectivity index (χ2n) is 6.50. The predicted molar refractivity (Wildman–Crippen MR) is 109 cm³/mol. The number of carbonyl (C=O) groups excluding carboxylic acids is 1. The van der Waals surface area contributed by atoms with Crippen LogP contribution in [0.3, 0.4) is 0 Å². The number of hydrogen-bond acceptors (Lipinski definition) is 3. The summed E-state index contributed by atoms with van der Waals surface area (Å²) in [6.07, 6.45) is -4.52. The lowest BCUT2D eigenvalue weighted by Gasteiger charge is -2.18. The summed E-state index contributed by atoms with van der Waals surface area (Å²) in [5, 5.41) is 2.39. The molecule has 2 rings (SSSR count). The average Bonchev–Trinajstić information content (AvgIpc) is 2.66. The van der Waals surface area contributed by atoms with E-state index >= 15 is 0 Å². The van der Waals surface area contributed by atoms with Crippen LogP contribution in [0.2, 0.25) is 5.02 Å². The van der Waals surface area contributed by atoms with Gasteiger partial charge in [0.05, 0.1) is 16.1 Å².